The molecule has 5 fully saturated rings. The first kappa shape index (κ1) is 21.8. The van der Waals surface area contributed by atoms with Gasteiger partial charge >= 0.3 is 0 Å². The van der Waals surface area contributed by atoms with Crippen molar-refractivity contribution in [1.82, 2.24) is 0 Å². The maximum atomic E-state index is 11.9. The Bertz CT molecular complexity index is 933. The van der Waals surface area contributed by atoms with Gasteiger partial charge < -0.3 is 25.2 Å². The van der Waals surface area contributed by atoms with Gasteiger partial charge in [0.25, 0.3) is 0 Å². The first-order chi connectivity index (χ1) is 14.8. The maximum absolute atomic E-state index is 11.9. The molecule has 0 aromatic rings. The Morgan fingerprint density at radius 2 is 1.94 bits per heavy atom. The average Bonchev–Trinajstić information content (AvgIpc) is 3.26. The zero-order chi connectivity index (χ0) is 23.1. The molecule has 2 spiro atoms. The molecule has 0 bridgehead atoms. The maximum Gasteiger partial charge on any atom is 0.105 e. The van der Waals surface area contributed by atoms with Gasteiger partial charge in [-0.05, 0) is 82.0 Å². The van der Waals surface area contributed by atoms with Gasteiger partial charge in [-0.15, -0.1) is 0 Å². The molecule has 178 valence electrons. The van der Waals surface area contributed by atoms with Gasteiger partial charge in [-0.1, -0.05) is 30.2 Å². The number of aliphatic hydroxyl groups is 4. The zero-order valence-electron chi connectivity index (χ0n) is 20.1. The summed E-state index contributed by atoms with van der Waals surface area (Å²) >= 11 is 0. The second-order valence-corrected chi connectivity index (χ2v) is 13.1. The van der Waals surface area contributed by atoms with Crippen LogP contribution in [-0.4, -0.2) is 56.0 Å². The van der Waals surface area contributed by atoms with E-state index >= 15 is 0 Å². The molecule has 0 aromatic carbocycles. The largest absolute Gasteiger partial charge is 0.396 e. The standard InChI is InChI=1S/C27H40O5/c1-15(2)20-18(29)12-16-17-13-26(31)21(27(26)7-6-19(32-27)22(3,4)30)23(17,5)8-9-24(16)14-25(20,24)10-11-28/h18-21,28-31H,1,6-14H2,2-5H3/t18-,19-,20+,21+,23-,24?,25+,26-,27+/m0/s1. The van der Waals surface area contributed by atoms with E-state index in [4.69, 9.17) is 4.74 Å². The van der Waals surface area contributed by atoms with E-state index in [0.29, 0.717) is 19.3 Å². The van der Waals surface area contributed by atoms with Crippen LogP contribution in [0.2, 0.25) is 0 Å². The number of fused-ring (bicyclic) bond motifs is 5. The Labute approximate surface area is 191 Å². The minimum absolute atomic E-state index is 0.0411. The zero-order valence-corrected chi connectivity index (χ0v) is 20.1. The van der Waals surface area contributed by atoms with Crippen molar-refractivity contribution in [2.24, 2.45) is 28.1 Å². The summed E-state index contributed by atoms with van der Waals surface area (Å²) in [5, 5.41) is 43.6. The average molecular weight is 445 g/mol. The Kier molecular flexibility index (Phi) is 4.02. The van der Waals surface area contributed by atoms with Crippen molar-refractivity contribution in [1.29, 1.82) is 0 Å². The van der Waals surface area contributed by atoms with E-state index in [9.17, 15) is 20.4 Å². The summed E-state index contributed by atoms with van der Waals surface area (Å²) in [7, 11) is 0. The van der Waals surface area contributed by atoms with Crippen LogP contribution in [0.1, 0.15) is 79.1 Å². The first-order valence-corrected chi connectivity index (χ1v) is 12.6. The molecule has 1 saturated heterocycles. The fourth-order valence-corrected chi connectivity index (χ4v) is 10.0. The van der Waals surface area contributed by atoms with Crippen LogP contribution in [0, 0.1) is 28.1 Å². The lowest BCUT2D eigenvalue weighted by Crippen LogP contribution is -2.45. The quantitative estimate of drug-likeness (QED) is 0.500. The topological polar surface area (TPSA) is 90.2 Å². The Morgan fingerprint density at radius 1 is 1.22 bits per heavy atom. The second kappa shape index (κ2) is 5.91. The number of hydrogen-bond donors (Lipinski definition) is 4. The van der Waals surface area contributed by atoms with E-state index in [2.05, 4.69) is 13.5 Å². The van der Waals surface area contributed by atoms with E-state index in [1.165, 1.54) is 11.1 Å². The molecule has 5 aliphatic carbocycles. The summed E-state index contributed by atoms with van der Waals surface area (Å²) in [5.74, 6) is 0.108. The molecule has 4 N–H and O–H groups in total. The van der Waals surface area contributed by atoms with E-state index in [1.54, 1.807) is 13.8 Å². The van der Waals surface area contributed by atoms with Crippen molar-refractivity contribution in [3.63, 3.8) is 0 Å². The fourth-order valence-electron chi connectivity index (χ4n) is 10.0. The van der Waals surface area contributed by atoms with Crippen LogP contribution in [0.3, 0.4) is 0 Å². The Hall–Kier alpha value is -0.720. The normalized spacial score (nSPS) is 55.4. The Balaban J connectivity index is 1.39. The SMILES string of the molecule is C=C(C)[C@@H]1[C@@H](O)CC2=C3C[C@]4(O)[C@@H]([C@@]3(C)CCC23C[C@]13CCO)[C@]41CC[C@@H](C(C)(C)O)O1. The van der Waals surface area contributed by atoms with Crippen molar-refractivity contribution in [3.8, 4) is 0 Å². The van der Waals surface area contributed by atoms with Crippen LogP contribution in [0.25, 0.3) is 0 Å². The smallest absolute Gasteiger partial charge is 0.105 e. The second-order valence-electron chi connectivity index (χ2n) is 13.1. The molecule has 1 unspecified atom stereocenters. The highest BCUT2D eigenvalue weighted by molar-refractivity contribution is 5.54. The lowest BCUT2D eigenvalue weighted by Gasteiger charge is -2.50. The van der Waals surface area contributed by atoms with Crippen LogP contribution in [-0.2, 0) is 4.74 Å². The van der Waals surface area contributed by atoms with Gasteiger partial charge in [0.1, 0.15) is 11.2 Å². The van der Waals surface area contributed by atoms with Gasteiger partial charge in [0, 0.05) is 24.9 Å². The predicted octanol–water partition coefficient (Wildman–Crippen LogP) is 3.25. The lowest BCUT2D eigenvalue weighted by atomic mass is 9.56. The molecule has 1 aliphatic heterocycles. The van der Waals surface area contributed by atoms with Crippen LogP contribution in [0.15, 0.2) is 23.3 Å². The molecule has 5 heteroatoms. The highest BCUT2D eigenvalue weighted by atomic mass is 16.6. The molecule has 0 radical (unpaired) electrons. The number of hydrogen-bond acceptors (Lipinski definition) is 5. The number of aliphatic hydroxyl groups excluding tert-OH is 2. The van der Waals surface area contributed by atoms with Crippen molar-refractivity contribution >= 4 is 0 Å². The van der Waals surface area contributed by atoms with E-state index < -0.39 is 22.9 Å². The molecule has 6 rings (SSSR count). The molecule has 1 heterocycles. The third-order valence-corrected chi connectivity index (χ3v) is 11.2. The van der Waals surface area contributed by atoms with E-state index in [-0.39, 0.29) is 40.8 Å². The molecule has 0 aromatic heterocycles. The number of ether oxygens (including phenoxy) is 1. The van der Waals surface area contributed by atoms with Gasteiger partial charge in [0.05, 0.1) is 17.8 Å². The summed E-state index contributed by atoms with van der Waals surface area (Å²) in [4.78, 5) is 0. The molecule has 4 saturated carbocycles. The van der Waals surface area contributed by atoms with Crippen molar-refractivity contribution in [2.75, 3.05) is 6.61 Å². The summed E-state index contributed by atoms with van der Waals surface area (Å²) in [6.07, 6.45) is 5.98. The van der Waals surface area contributed by atoms with E-state index in [1.807, 2.05) is 6.92 Å². The summed E-state index contributed by atoms with van der Waals surface area (Å²) in [6, 6.07) is 0. The monoisotopic (exact) mass is 444 g/mol. The number of rotatable bonds is 4. The first-order valence-electron chi connectivity index (χ1n) is 12.6. The van der Waals surface area contributed by atoms with Crippen LogP contribution in [0.5, 0.6) is 0 Å². The molecule has 6 aliphatic rings. The molecular weight excluding hydrogens is 404 g/mol. The highest BCUT2D eigenvalue weighted by Gasteiger charge is 2.89. The minimum atomic E-state index is -0.904. The van der Waals surface area contributed by atoms with Crippen molar-refractivity contribution < 1.29 is 25.2 Å². The minimum Gasteiger partial charge on any atom is -0.396 e. The summed E-state index contributed by atoms with van der Waals surface area (Å²) in [6.45, 7) is 12.3. The molecular formula is C27H40O5. The van der Waals surface area contributed by atoms with Crippen LogP contribution >= 0.6 is 0 Å². The third kappa shape index (κ3) is 2.15. The molecule has 5 nitrogen and oxygen atoms in total. The van der Waals surface area contributed by atoms with Gasteiger partial charge in [-0.3, -0.25) is 0 Å². The van der Waals surface area contributed by atoms with Crippen LogP contribution < -0.4 is 0 Å². The summed E-state index contributed by atoms with van der Waals surface area (Å²) in [5.41, 5.74) is 1.35. The molecule has 32 heavy (non-hydrogen) atoms. The van der Waals surface area contributed by atoms with Crippen LogP contribution in [0.4, 0.5) is 0 Å². The van der Waals surface area contributed by atoms with Gasteiger partial charge in [0.15, 0.2) is 0 Å². The summed E-state index contributed by atoms with van der Waals surface area (Å²) < 4.78 is 6.49. The third-order valence-electron chi connectivity index (χ3n) is 11.2. The van der Waals surface area contributed by atoms with Gasteiger partial charge in [-0.2, -0.15) is 0 Å². The van der Waals surface area contributed by atoms with Crippen molar-refractivity contribution in [2.45, 2.75) is 108 Å². The highest BCUT2D eigenvalue weighted by Crippen LogP contribution is 2.87. The van der Waals surface area contributed by atoms with E-state index in [0.717, 1.165) is 37.7 Å². The van der Waals surface area contributed by atoms with Crippen molar-refractivity contribution in [3.05, 3.63) is 23.3 Å². The molecule has 0 amide bonds. The predicted molar refractivity (Wildman–Crippen MR) is 121 cm³/mol. The Morgan fingerprint density at radius 3 is 2.53 bits per heavy atom. The van der Waals surface area contributed by atoms with Gasteiger partial charge in [-0.25, -0.2) is 0 Å². The molecule has 9 atom stereocenters. The lowest BCUT2D eigenvalue weighted by molar-refractivity contribution is -0.117. The van der Waals surface area contributed by atoms with Gasteiger partial charge in [0.2, 0.25) is 0 Å². The fraction of sp³-hybridized carbons (Fsp3) is 0.852.